The number of likely N-dealkylation sites (N-methyl/N-ethyl adjacent to an activating group) is 2. The van der Waals surface area contributed by atoms with Crippen molar-refractivity contribution >= 4 is 17.3 Å². The van der Waals surface area contributed by atoms with Gasteiger partial charge in [0.15, 0.2) is 0 Å². The fraction of sp³-hybridized carbons (Fsp3) is 0.346. The summed E-state index contributed by atoms with van der Waals surface area (Å²) >= 11 is 0. The molecule has 0 aliphatic carbocycles. The Labute approximate surface area is 201 Å². The average Bonchev–Trinajstić information content (AvgIpc) is 2.84. The Morgan fingerprint density at radius 2 is 1.94 bits per heavy atom. The predicted molar refractivity (Wildman–Crippen MR) is 136 cm³/mol. The molecule has 3 heterocycles. The van der Waals surface area contributed by atoms with Crippen molar-refractivity contribution in [2.24, 2.45) is 0 Å². The van der Waals surface area contributed by atoms with E-state index in [9.17, 15) is 0 Å². The Morgan fingerprint density at radius 1 is 1.03 bits per heavy atom. The molecule has 0 fully saturated rings. The molecule has 0 radical (unpaired) electrons. The van der Waals surface area contributed by atoms with E-state index < -0.39 is 0 Å². The number of ether oxygens (including phenoxy) is 2. The van der Waals surface area contributed by atoms with Crippen molar-refractivity contribution in [2.75, 3.05) is 57.7 Å². The zero-order valence-corrected chi connectivity index (χ0v) is 20.1. The minimum Gasteiger partial charge on any atom is -0.492 e. The number of aromatic nitrogens is 3. The Morgan fingerprint density at radius 3 is 2.82 bits per heavy atom. The molecular weight excluding hydrogens is 428 g/mol. The molecule has 8 nitrogen and oxygen atoms in total. The molecule has 0 amide bonds. The number of hydrogen-bond acceptors (Lipinski definition) is 8. The largest absolute Gasteiger partial charge is 0.492 e. The summed E-state index contributed by atoms with van der Waals surface area (Å²) in [5.41, 5.74) is 4.83. The summed E-state index contributed by atoms with van der Waals surface area (Å²) in [6, 6.07) is 10.1. The van der Waals surface area contributed by atoms with E-state index in [0.717, 1.165) is 53.5 Å². The third-order valence-electron chi connectivity index (χ3n) is 5.49. The molecule has 1 aromatic carbocycles. The molecule has 0 saturated heterocycles. The molecule has 1 N–H and O–H groups in total. The highest BCUT2D eigenvalue weighted by Crippen LogP contribution is 2.27. The highest BCUT2D eigenvalue weighted by atomic mass is 16.5. The lowest BCUT2D eigenvalue weighted by molar-refractivity contribution is 0.148. The standard InChI is InChI=1S/C26H32N6O2/c1-31(2)11-12-32(3)25-8-7-22-15-21(25)19-33-13-5-4-6-14-34-23-16-20(17-27-18-23)24-9-10-28-26(29-22)30-24/h4-5,7-10,15-18H,6,11-14,19H2,1-3H3,(H,28,29,30)/b5-4+. The van der Waals surface area contributed by atoms with E-state index in [1.807, 2.05) is 18.2 Å². The Hall–Kier alpha value is -3.49. The first-order valence-corrected chi connectivity index (χ1v) is 11.5. The first-order chi connectivity index (χ1) is 16.6. The molecule has 0 unspecified atom stereocenters. The number of nitrogens with one attached hydrogen (secondary N) is 1. The topological polar surface area (TPSA) is 75.6 Å². The van der Waals surface area contributed by atoms with E-state index in [-0.39, 0.29) is 0 Å². The van der Waals surface area contributed by atoms with Crippen LogP contribution in [0.15, 0.2) is 61.1 Å². The van der Waals surface area contributed by atoms with Crippen LogP contribution in [0, 0.1) is 0 Å². The Kier molecular flexibility index (Phi) is 8.06. The van der Waals surface area contributed by atoms with E-state index in [1.165, 1.54) is 0 Å². The molecule has 0 spiro atoms. The van der Waals surface area contributed by atoms with Crippen molar-refractivity contribution in [3.63, 3.8) is 0 Å². The molecule has 1 aliphatic rings. The fourth-order valence-electron chi connectivity index (χ4n) is 3.64. The van der Waals surface area contributed by atoms with Gasteiger partial charge < -0.3 is 24.6 Å². The highest BCUT2D eigenvalue weighted by Gasteiger charge is 2.11. The van der Waals surface area contributed by atoms with Crippen molar-refractivity contribution in [1.82, 2.24) is 19.9 Å². The number of rotatable bonds is 4. The van der Waals surface area contributed by atoms with Gasteiger partial charge in [-0.05, 0) is 50.8 Å². The van der Waals surface area contributed by atoms with Crippen LogP contribution < -0.4 is 15.0 Å². The van der Waals surface area contributed by atoms with Gasteiger partial charge in [0.25, 0.3) is 0 Å². The van der Waals surface area contributed by atoms with Crippen LogP contribution in [0.25, 0.3) is 11.3 Å². The van der Waals surface area contributed by atoms with Gasteiger partial charge >= 0.3 is 0 Å². The minimum absolute atomic E-state index is 0.509. The lowest BCUT2D eigenvalue weighted by atomic mass is 10.1. The monoisotopic (exact) mass is 460 g/mol. The van der Waals surface area contributed by atoms with Crippen molar-refractivity contribution in [3.05, 3.63) is 66.6 Å². The quantitative estimate of drug-likeness (QED) is 0.583. The molecule has 3 aromatic rings. The van der Waals surface area contributed by atoms with E-state index in [0.29, 0.717) is 25.8 Å². The molecule has 4 rings (SSSR count). The van der Waals surface area contributed by atoms with E-state index in [4.69, 9.17) is 14.5 Å². The number of fused-ring (bicyclic) bond motifs is 7. The Bertz CT molecular complexity index is 1120. The van der Waals surface area contributed by atoms with Crippen molar-refractivity contribution in [1.29, 1.82) is 0 Å². The number of benzene rings is 1. The fourth-order valence-corrected chi connectivity index (χ4v) is 3.64. The van der Waals surface area contributed by atoms with Crippen LogP contribution in [0.5, 0.6) is 5.75 Å². The predicted octanol–water partition coefficient (Wildman–Crippen LogP) is 4.14. The van der Waals surface area contributed by atoms with Crippen LogP contribution >= 0.6 is 0 Å². The molecule has 0 atom stereocenters. The molecule has 2 aromatic heterocycles. The zero-order chi connectivity index (χ0) is 23.8. The molecule has 0 saturated carbocycles. The summed E-state index contributed by atoms with van der Waals surface area (Å²) in [5.74, 6) is 1.24. The molecule has 178 valence electrons. The van der Waals surface area contributed by atoms with Crippen LogP contribution in [0.2, 0.25) is 0 Å². The van der Waals surface area contributed by atoms with Gasteiger partial charge in [-0.1, -0.05) is 12.2 Å². The maximum Gasteiger partial charge on any atom is 0.227 e. The Balaban J connectivity index is 1.64. The lowest BCUT2D eigenvalue weighted by Crippen LogP contribution is -2.29. The maximum atomic E-state index is 5.98. The molecule has 34 heavy (non-hydrogen) atoms. The summed E-state index contributed by atoms with van der Waals surface area (Å²) in [4.78, 5) is 17.9. The smallest absolute Gasteiger partial charge is 0.227 e. The maximum absolute atomic E-state index is 5.98. The minimum atomic E-state index is 0.509. The third kappa shape index (κ3) is 6.52. The third-order valence-corrected chi connectivity index (χ3v) is 5.49. The molecule has 1 aliphatic heterocycles. The van der Waals surface area contributed by atoms with Gasteiger partial charge in [-0.25, -0.2) is 9.97 Å². The van der Waals surface area contributed by atoms with Gasteiger partial charge in [0, 0.05) is 55.0 Å². The van der Waals surface area contributed by atoms with Crippen LogP contribution in [0.3, 0.4) is 0 Å². The van der Waals surface area contributed by atoms with E-state index >= 15 is 0 Å². The van der Waals surface area contributed by atoms with Gasteiger partial charge in [0.2, 0.25) is 5.95 Å². The van der Waals surface area contributed by atoms with E-state index in [2.05, 4.69) is 70.5 Å². The van der Waals surface area contributed by atoms with Crippen LogP contribution in [-0.4, -0.2) is 67.3 Å². The summed E-state index contributed by atoms with van der Waals surface area (Å²) in [6.07, 6.45) is 10.2. The second kappa shape index (κ2) is 11.6. The zero-order valence-electron chi connectivity index (χ0n) is 20.1. The van der Waals surface area contributed by atoms with Gasteiger partial charge in [0.05, 0.1) is 31.7 Å². The summed E-state index contributed by atoms with van der Waals surface area (Å²) in [5, 5.41) is 3.34. The molecule has 8 heteroatoms. The second-order valence-corrected chi connectivity index (χ2v) is 8.49. The highest BCUT2D eigenvalue weighted by molar-refractivity contribution is 5.65. The lowest BCUT2D eigenvalue weighted by Gasteiger charge is -2.25. The number of anilines is 3. The number of pyridine rings is 1. The molecular formula is C26H32N6O2. The normalized spacial score (nSPS) is 14.9. The van der Waals surface area contributed by atoms with Crippen molar-refractivity contribution in [2.45, 2.75) is 13.0 Å². The number of hydrogen-bond donors (Lipinski definition) is 1. The second-order valence-electron chi connectivity index (χ2n) is 8.49. The SMILES string of the molecule is CN(C)CCN(C)c1ccc2cc1COC/C=C/CCOc1cncc(c1)-c1ccnc(n1)N2. The summed E-state index contributed by atoms with van der Waals surface area (Å²) < 4.78 is 11.8. The average molecular weight is 461 g/mol. The first kappa shape index (κ1) is 23.7. The van der Waals surface area contributed by atoms with Gasteiger partial charge in [-0.2, -0.15) is 0 Å². The van der Waals surface area contributed by atoms with Gasteiger partial charge in [0.1, 0.15) is 5.75 Å². The summed E-state index contributed by atoms with van der Waals surface area (Å²) in [7, 11) is 6.28. The first-order valence-electron chi connectivity index (χ1n) is 11.5. The van der Waals surface area contributed by atoms with Crippen LogP contribution in [-0.2, 0) is 11.3 Å². The van der Waals surface area contributed by atoms with Crippen molar-refractivity contribution in [3.8, 4) is 17.0 Å². The van der Waals surface area contributed by atoms with Crippen LogP contribution in [0.1, 0.15) is 12.0 Å². The van der Waals surface area contributed by atoms with E-state index in [1.54, 1.807) is 18.6 Å². The number of nitrogens with zero attached hydrogens (tertiary/aromatic N) is 5. The van der Waals surface area contributed by atoms with Crippen molar-refractivity contribution < 1.29 is 9.47 Å². The van der Waals surface area contributed by atoms with Crippen LogP contribution in [0.4, 0.5) is 17.3 Å². The van der Waals surface area contributed by atoms with Gasteiger partial charge in [-0.15, -0.1) is 0 Å². The van der Waals surface area contributed by atoms with Gasteiger partial charge in [-0.3, -0.25) is 4.98 Å². The molecule has 6 bridgehead atoms. The summed E-state index contributed by atoms with van der Waals surface area (Å²) in [6.45, 7) is 3.51.